The zero-order valence-electron chi connectivity index (χ0n) is 21.4. The van der Waals surface area contributed by atoms with Gasteiger partial charge < -0.3 is 11.5 Å². The van der Waals surface area contributed by atoms with Crippen LogP contribution in [0.2, 0.25) is 0 Å². The molecule has 2 heteroatoms. The number of nitrogen functional groups attached to an aromatic ring is 2. The highest BCUT2D eigenvalue weighted by molar-refractivity contribution is 5.90. The summed E-state index contributed by atoms with van der Waals surface area (Å²) in [5, 5.41) is 0. The van der Waals surface area contributed by atoms with Gasteiger partial charge in [-0.3, -0.25) is 0 Å². The molecule has 0 aliphatic carbocycles. The second-order valence-corrected chi connectivity index (χ2v) is 9.37. The quantitative estimate of drug-likeness (QED) is 0.213. The molecule has 0 heterocycles. The third-order valence-corrected chi connectivity index (χ3v) is 6.72. The Bertz CT molecular complexity index is 1530. The van der Waals surface area contributed by atoms with Crippen molar-refractivity contribution < 1.29 is 0 Å². The lowest BCUT2D eigenvalue weighted by Gasteiger charge is -2.20. The standard InChI is InChI=1S/C36H32N2/c37-32-24-22-29(23-25-32)34-26-31(20-10-16-27-12-4-1-5-13-27)36(38)33(35(34)30-18-8-3-9-19-30)21-11-17-28-14-6-2-7-15-28/h1-19,22-26H,20-21,37-38H2. The number of rotatable bonds is 8. The summed E-state index contributed by atoms with van der Waals surface area (Å²) in [6.45, 7) is 0. The van der Waals surface area contributed by atoms with Crippen LogP contribution in [0.3, 0.4) is 0 Å². The molecule has 2 nitrogen and oxygen atoms in total. The highest BCUT2D eigenvalue weighted by Crippen LogP contribution is 2.40. The second kappa shape index (κ2) is 11.9. The van der Waals surface area contributed by atoms with Crippen LogP contribution in [0, 0.1) is 0 Å². The van der Waals surface area contributed by atoms with E-state index in [1.807, 2.05) is 30.3 Å². The molecule has 38 heavy (non-hydrogen) atoms. The summed E-state index contributed by atoms with van der Waals surface area (Å²) in [4.78, 5) is 0. The Morgan fingerprint density at radius 3 is 1.63 bits per heavy atom. The average molecular weight is 493 g/mol. The lowest BCUT2D eigenvalue weighted by atomic mass is 9.85. The highest BCUT2D eigenvalue weighted by atomic mass is 14.6. The molecule has 0 fully saturated rings. The van der Waals surface area contributed by atoms with Crippen LogP contribution >= 0.6 is 0 Å². The summed E-state index contributed by atoms with van der Waals surface area (Å²) in [5.74, 6) is 0. The topological polar surface area (TPSA) is 52.0 Å². The number of hydrogen-bond donors (Lipinski definition) is 2. The van der Waals surface area contributed by atoms with E-state index in [-0.39, 0.29) is 0 Å². The van der Waals surface area contributed by atoms with Gasteiger partial charge >= 0.3 is 0 Å². The second-order valence-electron chi connectivity index (χ2n) is 9.37. The van der Waals surface area contributed by atoms with Gasteiger partial charge in [0.2, 0.25) is 0 Å². The van der Waals surface area contributed by atoms with Crippen LogP contribution in [-0.4, -0.2) is 0 Å². The fourth-order valence-corrected chi connectivity index (χ4v) is 4.78. The molecule has 0 aliphatic heterocycles. The molecule has 0 atom stereocenters. The summed E-state index contributed by atoms with van der Waals surface area (Å²) in [7, 11) is 0. The van der Waals surface area contributed by atoms with Gasteiger partial charge in [-0.05, 0) is 75.5 Å². The van der Waals surface area contributed by atoms with Crippen molar-refractivity contribution in [1.29, 1.82) is 0 Å². The maximum atomic E-state index is 6.96. The molecule has 5 aromatic carbocycles. The normalized spacial score (nSPS) is 11.4. The van der Waals surface area contributed by atoms with Gasteiger partial charge in [0.15, 0.2) is 0 Å². The first-order chi connectivity index (χ1) is 18.7. The fraction of sp³-hybridized carbons (Fsp3) is 0.0556. The summed E-state index contributed by atoms with van der Waals surface area (Å²) in [5.41, 5.74) is 23.8. The molecular formula is C36H32N2. The van der Waals surface area contributed by atoms with E-state index in [0.29, 0.717) is 0 Å². The predicted octanol–water partition coefficient (Wildman–Crippen LogP) is 8.70. The molecule has 0 bridgehead atoms. The minimum atomic E-state index is 0.725. The van der Waals surface area contributed by atoms with Crippen LogP contribution in [0.15, 0.2) is 133 Å². The highest BCUT2D eigenvalue weighted by Gasteiger charge is 2.18. The first-order valence-electron chi connectivity index (χ1n) is 13.0. The van der Waals surface area contributed by atoms with Crippen molar-refractivity contribution in [2.45, 2.75) is 12.8 Å². The molecular weight excluding hydrogens is 460 g/mol. The predicted molar refractivity (Wildman–Crippen MR) is 164 cm³/mol. The van der Waals surface area contributed by atoms with E-state index >= 15 is 0 Å². The van der Waals surface area contributed by atoms with Crippen molar-refractivity contribution in [3.63, 3.8) is 0 Å². The molecule has 0 saturated heterocycles. The zero-order chi connectivity index (χ0) is 26.2. The Labute approximate surface area is 225 Å². The van der Waals surface area contributed by atoms with E-state index in [9.17, 15) is 0 Å². The largest absolute Gasteiger partial charge is 0.399 e. The molecule has 0 aliphatic rings. The Hall–Kier alpha value is -4.82. The molecule has 0 aromatic heterocycles. The first kappa shape index (κ1) is 24.9. The summed E-state index contributed by atoms with van der Waals surface area (Å²) in [6.07, 6.45) is 10.2. The maximum absolute atomic E-state index is 6.96. The van der Waals surface area contributed by atoms with E-state index in [2.05, 4.69) is 115 Å². The maximum Gasteiger partial charge on any atom is 0.0392 e. The van der Waals surface area contributed by atoms with Crippen molar-refractivity contribution in [3.05, 3.63) is 156 Å². The number of allylic oxidation sites excluding steroid dienone is 2. The molecule has 0 radical (unpaired) electrons. The van der Waals surface area contributed by atoms with Crippen LogP contribution in [0.25, 0.3) is 34.4 Å². The Morgan fingerprint density at radius 2 is 1.05 bits per heavy atom. The summed E-state index contributed by atoms with van der Waals surface area (Å²) >= 11 is 0. The molecule has 0 amide bonds. The van der Waals surface area contributed by atoms with Crippen LogP contribution < -0.4 is 11.5 Å². The van der Waals surface area contributed by atoms with E-state index in [1.165, 1.54) is 16.7 Å². The van der Waals surface area contributed by atoms with Gasteiger partial charge in [0.25, 0.3) is 0 Å². The molecule has 5 aromatic rings. The molecule has 0 saturated carbocycles. The third-order valence-electron chi connectivity index (χ3n) is 6.72. The molecule has 186 valence electrons. The summed E-state index contributed by atoms with van der Waals surface area (Å²) < 4.78 is 0. The van der Waals surface area contributed by atoms with Gasteiger partial charge in [0.1, 0.15) is 0 Å². The minimum Gasteiger partial charge on any atom is -0.399 e. The van der Waals surface area contributed by atoms with Crippen LogP contribution in [0.1, 0.15) is 22.3 Å². The Morgan fingerprint density at radius 1 is 0.526 bits per heavy atom. The molecule has 0 unspecified atom stereocenters. The number of benzene rings is 5. The average Bonchev–Trinajstić information content (AvgIpc) is 2.96. The van der Waals surface area contributed by atoms with E-state index in [4.69, 9.17) is 11.5 Å². The van der Waals surface area contributed by atoms with Crippen molar-refractivity contribution in [2.24, 2.45) is 0 Å². The van der Waals surface area contributed by atoms with Crippen LogP contribution in [0.5, 0.6) is 0 Å². The third kappa shape index (κ3) is 5.93. The van der Waals surface area contributed by atoms with E-state index < -0.39 is 0 Å². The number of nitrogens with two attached hydrogens (primary N) is 2. The Balaban J connectivity index is 1.64. The monoisotopic (exact) mass is 492 g/mol. The first-order valence-corrected chi connectivity index (χ1v) is 13.0. The number of hydrogen-bond acceptors (Lipinski definition) is 2. The SMILES string of the molecule is Nc1ccc(-c2cc(CC=Cc3ccccc3)c(N)c(CC=Cc3ccccc3)c2-c2ccccc2)cc1. The molecule has 5 rings (SSSR count). The smallest absolute Gasteiger partial charge is 0.0392 e. The number of anilines is 2. The lowest BCUT2D eigenvalue weighted by Crippen LogP contribution is -2.04. The van der Waals surface area contributed by atoms with Crippen LogP contribution in [-0.2, 0) is 12.8 Å². The van der Waals surface area contributed by atoms with Gasteiger partial charge in [0.05, 0.1) is 0 Å². The van der Waals surface area contributed by atoms with Gasteiger partial charge in [-0.2, -0.15) is 0 Å². The van der Waals surface area contributed by atoms with Crippen molar-refractivity contribution in [1.82, 2.24) is 0 Å². The lowest BCUT2D eigenvalue weighted by molar-refractivity contribution is 1.22. The van der Waals surface area contributed by atoms with E-state index in [0.717, 1.165) is 52.0 Å². The minimum absolute atomic E-state index is 0.725. The van der Waals surface area contributed by atoms with Gasteiger partial charge in [-0.15, -0.1) is 0 Å². The van der Waals surface area contributed by atoms with Crippen molar-refractivity contribution >= 4 is 23.5 Å². The van der Waals surface area contributed by atoms with Gasteiger partial charge in [-0.1, -0.05) is 127 Å². The molecule has 4 N–H and O–H groups in total. The molecule has 0 spiro atoms. The van der Waals surface area contributed by atoms with Gasteiger partial charge in [-0.25, -0.2) is 0 Å². The van der Waals surface area contributed by atoms with Crippen molar-refractivity contribution in [2.75, 3.05) is 11.5 Å². The Kier molecular flexibility index (Phi) is 7.81. The fourth-order valence-electron chi connectivity index (χ4n) is 4.78. The van der Waals surface area contributed by atoms with Gasteiger partial charge in [0, 0.05) is 11.4 Å². The zero-order valence-corrected chi connectivity index (χ0v) is 21.4. The van der Waals surface area contributed by atoms with Crippen molar-refractivity contribution in [3.8, 4) is 22.3 Å². The summed E-state index contributed by atoms with van der Waals surface area (Å²) in [6, 6.07) is 41.6. The van der Waals surface area contributed by atoms with Crippen LogP contribution in [0.4, 0.5) is 11.4 Å². The van der Waals surface area contributed by atoms with E-state index in [1.54, 1.807) is 0 Å².